The minimum Gasteiger partial charge on any atom is -0.314 e. The van der Waals surface area contributed by atoms with Crippen LogP contribution < -0.4 is 5.32 Å². The standard InChI is InChI=1S/C13H27N/c1-5-11(10-13(2,3)4)9-12-7-6-8-14-12/h11-12,14H,5-10H2,1-4H3. The molecule has 2 atom stereocenters. The van der Waals surface area contributed by atoms with E-state index in [-0.39, 0.29) is 0 Å². The normalized spacial score (nSPS) is 25.3. The van der Waals surface area contributed by atoms with Crippen molar-refractivity contribution in [3.8, 4) is 0 Å². The second-order valence-electron chi connectivity index (χ2n) is 6.07. The molecule has 14 heavy (non-hydrogen) atoms. The molecule has 1 aliphatic rings. The fourth-order valence-electron chi connectivity index (χ4n) is 2.62. The molecule has 1 nitrogen and oxygen atoms in total. The Morgan fingerprint density at radius 2 is 2.07 bits per heavy atom. The van der Waals surface area contributed by atoms with Crippen LogP contribution in [0.4, 0.5) is 0 Å². The van der Waals surface area contributed by atoms with Gasteiger partial charge in [-0.1, -0.05) is 34.1 Å². The lowest BCUT2D eigenvalue weighted by Gasteiger charge is -2.27. The maximum absolute atomic E-state index is 3.61. The molecule has 0 aromatic carbocycles. The molecule has 0 saturated carbocycles. The van der Waals surface area contributed by atoms with E-state index in [4.69, 9.17) is 0 Å². The first-order chi connectivity index (χ1) is 6.51. The van der Waals surface area contributed by atoms with Gasteiger partial charge in [0.1, 0.15) is 0 Å². The summed E-state index contributed by atoms with van der Waals surface area (Å²) in [5, 5.41) is 3.61. The maximum Gasteiger partial charge on any atom is 0.00701 e. The molecule has 0 amide bonds. The lowest BCUT2D eigenvalue weighted by molar-refractivity contribution is 0.260. The van der Waals surface area contributed by atoms with Crippen LogP contribution in [0, 0.1) is 11.3 Å². The van der Waals surface area contributed by atoms with E-state index in [9.17, 15) is 0 Å². The highest BCUT2D eigenvalue weighted by Crippen LogP contribution is 2.30. The molecule has 0 aliphatic carbocycles. The van der Waals surface area contributed by atoms with Crippen LogP contribution in [0.1, 0.15) is 59.8 Å². The summed E-state index contributed by atoms with van der Waals surface area (Å²) >= 11 is 0. The molecule has 0 aromatic rings. The third-order valence-electron chi connectivity index (χ3n) is 3.26. The van der Waals surface area contributed by atoms with E-state index >= 15 is 0 Å². The summed E-state index contributed by atoms with van der Waals surface area (Å²) in [6.45, 7) is 10.7. The Labute approximate surface area is 89.7 Å². The highest BCUT2D eigenvalue weighted by Gasteiger charge is 2.22. The molecule has 1 N–H and O–H groups in total. The summed E-state index contributed by atoms with van der Waals surface area (Å²) < 4.78 is 0. The van der Waals surface area contributed by atoms with Crippen LogP contribution in [-0.2, 0) is 0 Å². The number of hydrogen-bond acceptors (Lipinski definition) is 1. The Kier molecular flexibility index (Phi) is 4.43. The fourth-order valence-corrected chi connectivity index (χ4v) is 2.62. The van der Waals surface area contributed by atoms with E-state index < -0.39 is 0 Å². The molecule has 84 valence electrons. The predicted molar refractivity (Wildman–Crippen MR) is 63.5 cm³/mol. The van der Waals surface area contributed by atoms with E-state index in [0.29, 0.717) is 5.41 Å². The summed E-state index contributed by atoms with van der Waals surface area (Å²) in [7, 11) is 0. The Balaban J connectivity index is 2.30. The van der Waals surface area contributed by atoms with Crippen molar-refractivity contribution in [2.45, 2.75) is 65.8 Å². The van der Waals surface area contributed by atoms with Gasteiger partial charge in [0.2, 0.25) is 0 Å². The van der Waals surface area contributed by atoms with Crippen LogP contribution in [0.5, 0.6) is 0 Å². The summed E-state index contributed by atoms with van der Waals surface area (Å²) in [4.78, 5) is 0. The smallest absolute Gasteiger partial charge is 0.00701 e. The summed E-state index contributed by atoms with van der Waals surface area (Å²) in [6, 6.07) is 0.822. The van der Waals surface area contributed by atoms with Crippen molar-refractivity contribution >= 4 is 0 Å². The largest absolute Gasteiger partial charge is 0.314 e. The Bertz CT molecular complexity index is 151. The number of rotatable bonds is 4. The minimum absolute atomic E-state index is 0.499. The summed E-state index contributed by atoms with van der Waals surface area (Å²) in [6.07, 6.45) is 6.90. The van der Waals surface area contributed by atoms with Gasteiger partial charge in [-0.05, 0) is 43.6 Å². The van der Waals surface area contributed by atoms with Crippen LogP contribution >= 0.6 is 0 Å². The Hall–Kier alpha value is -0.0400. The predicted octanol–water partition coefficient (Wildman–Crippen LogP) is 3.59. The van der Waals surface area contributed by atoms with E-state index in [1.807, 2.05) is 0 Å². The van der Waals surface area contributed by atoms with Gasteiger partial charge in [0.15, 0.2) is 0 Å². The topological polar surface area (TPSA) is 12.0 Å². The SMILES string of the molecule is CCC(CC1CCCN1)CC(C)(C)C. The molecule has 1 aliphatic heterocycles. The molecule has 0 radical (unpaired) electrons. The molecular formula is C13H27N. The average molecular weight is 197 g/mol. The molecule has 0 aromatic heterocycles. The van der Waals surface area contributed by atoms with Gasteiger partial charge in [-0.25, -0.2) is 0 Å². The Morgan fingerprint density at radius 3 is 2.50 bits per heavy atom. The van der Waals surface area contributed by atoms with Gasteiger partial charge in [-0.2, -0.15) is 0 Å². The van der Waals surface area contributed by atoms with Gasteiger partial charge in [-0.15, -0.1) is 0 Å². The highest BCUT2D eigenvalue weighted by atomic mass is 14.9. The zero-order valence-electron chi connectivity index (χ0n) is 10.4. The third-order valence-corrected chi connectivity index (χ3v) is 3.26. The van der Waals surface area contributed by atoms with E-state index in [1.54, 1.807) is 0 Å². The molecule has 0 spiro atoms. The quantitative estimate of drug-likeness (QED) is 0.726. The van der Waals surface area contributed by atoms with Crippen molar-refractivity contribution in [2.24, 2.45) is 11.3 Å². The molecule has 0 bridgehead atoms. The molecule has 1 heterocycles. The third kappa shape index (κ3) is 4.45. The van der Waals surface area contributed by atoms with Crippen LogP contribution in [0.2, 0.25) is 0 Å². The second kappa shape index (κ2) is 5.16. The molecule has 1 heteroatoms. The van der Waals surface area contributed by atoms with Gasteiger partial charge in [0, 0.05) is 6.04 Å². The molecule has 2 unspecified atom stereocenters. The fraction of sp³-hybridized carbons (Fsp3) is 1.00. The van der Waals surface area contributed by atoms with Gasteiger partial charge in [-0.3, -0.25) is 0 Å². The second-order valence-corrected chi connectivity index (χ2v) is 6.07. The molecule has 1 rings (SSSR count). The Morgan fingerprint density at radius 1 is 1.36 bits per heavy atom. The van der Waals surface area contributed by atoms with Gasteiger partial charge in [0.05, 0.1) is 0 Å². The van der Waals surface area contributed by atoms with Crippen LogP contribution in [-0.4, -0.2) is 12.6 Å². The molecule has 1 saturated heterocycles. The first kappa shape index (κ1) is 12.0. The van der Waals surface area contributed by atoms with Crippen molar-refractivity contribution in [1.29, 1.82) is 0 Å². The summed E-state index contributed by atoms with van der Waals surface area (Å²) in [5.74, 6) is 0.922. The van der Waals surface area contributed by atoms with Crippen LogP contribution in [0.3, 0.4) is 0 Å². The van der Waals surface area contributed by atoms with E-state index in [1.165, 1.54) is 38.6 Å². The van der Waals surface area contributed by atoms with Crippen LogP contribution in [0.15, 0.2) is 0 Å². The first-order valence-electron chi connectivity index (χ1n) is 6.24. The van der Waals surface area contributed by atoms with Gasteiger partial charge in [0.25, 0.3) is 0 Å². The lowest BCUT2D eigenvalue weighted by Crippen LogP contribution is -2.26. The van der Waals surface area contributed by atoms with E-state index in [2.05, 4.69) is 33.0 Å². The van der Waals surface area contributed by atoms with Gasteiger partial charge >= 0.3 is 0 Å². The molecular weight excluding hydrogens is 170 g/mol. The lowest BCUT2D eigenvalue weighted by atomic mass is 9.80. The summed E-state index contributed by atoms with van der Waals surface area (Å²) in [5.41, 5.74) is 0.499. The van der Waals surface area contributed by atoms with Gasteiger partial charge < -0.3 is 5.32 Å². The number of nitrogens with one attached hydrogen (secondary N) is 1. The minimum atomic E-state index is 0.499. The van der Waals surface area contributed by atoms with Crippen molar-refractivity contribution in [2.75, 3.05) is 6.54 Å². The zero-order chi connectivity index (χ0) is 10.6. The van der Waals surface area contributed by atoms with Crippen LogP contribution in [0.25, 0.3) is 0 Å². The number of hydrogen-bond donors (Lipinski definition) is 1. The monoisotopic (exact) mass is 197 g/mol. The van der Waals surface area contributed by atoms with Crippen molar-refractivity contribution < 1.29 is 0 Å². The highest BCUT2D eigenvalue weighted by molar-refractivity contribution is 4.79. The molecule has 1 fully saturated rings. The van der Waals surface area contributed by atoms with Crippen molar-refractivity contribution in [3.63, 3.8) is 0 Å². The van der Waals surface area contributed by atoms with E-state index in [0.717, 1.165) is 12.0 Å². The maximum atomic E-state index is 3.61. The first-order valence-corrected chi connectivity index (χ1v) is 6.24. The van der Waals surface area contributed by atoms with Crippen molar-refractivity contribution in [3.05, 3.63) is 0 Å². The zero-order valence-corrected chi connectivity index (χ0v) is 10.4. The average Bonchev–Trinajstić information content (AvgIpc) is 2.53. The van der Waals surface area contributed by atoms with Crippen molar-refractivity contribution in [1.82, 2.24) is 5.32 Å².